The Morgan fingerprint density at radius 3 is 2.37 bits per heavy atom. The van der Waals surface area contributed by atoms with Crippen molar-refractivity contribution in [2.24, 2.45) is 0 Å². The Kier molecular flexibility index (Phi) is 5.05. The summed E-state index contributed by atoms with van der Waals surface area (Å²) < 4.78 is 41.2. The van der Waals surface area contributed by atoms with E-state index in [-0.39, 0.29) is 29.0 Å². The molecule has 0 radical (unpaired) electrons. The second-order valence-corrected chi connectivity index (χ2v) is 6.83. The normalized spacial score (nSPS) is 11.8. The molecule has 0 spiro atoms. The molecule has 5 nitrogen and oxygen atoms in total. The molecule has 0 aliphatic heterocycles. The van der Waals surface area contributed by atoms with Gasteiger partial charge in [0, 0.05) is 21.4 Å². The number of alkyl halides is 3. The highest BCUT2D eigenvalue weighted by Crippen LogP contribution is 2.36. The van der Waals surface area contributed by atoms with Gasteiger partial charge >= 0.3 is 6.18 Å². The molecule has 0 aliphatic carbocycles. The van der Waals surface area contributed by atoms with Gasteiger partial charge in [-0.3, -0.25) is 4.79 Å². The SMILES string of the molecule is Cc1cc(C(F)(F)F)c2c(C)nn(CC(=O)Nc3cc(Cl)cc(Cl)c3)c2n1. The predicted molar refractivity (Wildman–Crippen MR) is 97.1 cm³/mol. The number of anilines is 1. The van der Waals surface area contributed by atoms with Gasteiger partial charge < -0.3 is 5.32 Å². The number of aryl methyl sites for hydroxylation is 2. The van der Waals surface area contributed by atoms with Crippen molar-refractivity contribution in [3.63, 3.8) is 0 Å². The lowest BCUT2D eigenvalue weighted by atomic mass is 10.1. The molecule has 0 bridgehead atoms. The predicted octanol–water partition coefficient (Wildman–Crippen LogP) is 5.01. The summed E-state index contributed by atoms with van der Waals surface area (Å²) in [4.78, 5) is 16.5. The highest BCUT2D eigenvalue weighted by Gasteiger charge is 2.35. The number of pyridine rings is 1. The van der Waals surface area contributed by atoms with E-state index in [1.54, 1.807) is 0 Å². The monoisotopic (exact) mass is 416 g/mol. The molecule has 2 aromatic heterocycles. The first kappa shape index (κ1) is 19.4. The Labute approximate surface area is 162 Å². The number of hydrogen-bond donors (Lipinski definition) is 1. The standard InChI is InChI=1S/C17H13Cl2F3N4O/c1-8-3-13(17(20,21)22)15-9(2)25-26(16(15)23-8)7-14(27)24-12-5-10(18)4-11(19)6-12/h3-6H,7H2,1-2H3,(H,24,27). The third kappa shape index (κ3) is 4.17. The average Bonchev–Trinajstić information content (AvgIpc) is 2.80. The molecule has 1 amide bonds. The zero-order valence-corrected chi connectivity index (χ0v) is 15.7. The molecule has 0 fully saturated rings. The van der Waals surface area contributed by atoms with Gasteiger partial charge in [-0.05, 0) is 38.1 Å². The first-order chi connectivity index (χ1) is 12.5. The number of carbonyl (C=O) groups is 1. The molecule has 0 atom stereocenters. The lowest BCUT2D eigenvalue weighted by Crippen LogP contribution is -2.20. The maximum absolute atomic E-state index is 13.3. The molecule has 142 valence electrons. The number of aromatic nitrogens is 3. The van der Waals surface area contributed by atoms with Gasteiger partial charge in [-0.1, -0.05) is 23.2 Å². The fourth-order valence-electron chi connectivity index (χ4n) is 2.77. The van der Waals surface area contributed by atoms with Crippen LogP contribution in [0.1, 0.15) is 17.0 Å². The van der Waals surface area contributed by atoms with Crippen LogP contribution in [0.3, 0.4) is 0 Å². The Morgan fingerprint density at radius 2 is 1.78 bits per heavy atom. The number of carbonyl (C=O) groups excluding carboxylic acids is 1. The van der Waals surface area contributed by atoms with Crippen LogP contribution in [-0.2, 0) is 17.5 Å². The Hall–Kier alpha value is -2.32. The van der Waals surface area contributed by atoms with Crippen molar-refractivity contribution < 1.29 is 18.0 Å². The van der Waals surface area contributed by atoms with E-state index in [4.69, 9.17) is 23.2 Å². The fraction of sp³-hybridized carbons (Fsp3) is 0.235. The van der Waals surface area contributed by atoms with E-state index in [9.17, 15) is 18.0 Å². The quantitative estimate of drug-likeness (QED) is 0.652. The molecular weight excluding hydrogens is 404 g/mol. The van der Waals surface area contributed by atoms with Crippen LogP contribution in [0.5, 0.6) is 0 Å². The average molecular weight is 417 g/mol. The van der Waals surface area contributed by atoms with Crippen molar-refractivity contribution in [2.75, 3.05) is 5.32 Å². The Morgan fingerprint density at radius 1 is 1.15 bits per heavy atom. The molecule has 27 heavy (non-hydrogen) atoms. The molecule has 2 heterocycles. The number of nitrogens with one attached hydrogen (secondary N) is 1. The third-order valence-corrected chi connectivity index (χ3v) is 4.19. The van der Waals surface area contributed by atoms with E-state index in [1.165, 1.54) is 32.0 Å². The summed E-state index contributed by atoms with van der Waals surface area (Å²) in [6, 6.07) is 5.48. The van der Waals surface area contributed by atoms with Crippen LogP contribution >= 0.6 is 23.2 Å². The largest absolute Gasteiger partial charge is 0.417 e. The summed E-state index contributed by atoms with van der Waals surface area (Å²) in [7, 11) is 0. The van der Waals surface area contributed by atoms with Gasteiger partial charge in [-0.2, -0.15) is 18.3 Å². The molecule has 3 rings (SSSR count). The number of benzene rings is 1. The van der Waals surface area contributed by atoms with Crippen LogP contribution < -0.4 is 5.32 Å². The van der Waals surface area contributed by atoms with Crippen LogP contribution in [0.25, 0.3) is 11.0 Å². The zero-order chi connectivity index (χ0) is 19.9. The topological polar surface area (TPSA) is 59.8 Å². The van der Waals surface area contributed by atoms with Crippen molar-refractivity contribution in [3.8, 4) is 0 Å². The Bertz CT molecular complexity index is 1030. The molecule has 0 unspecified atom stereocenters. The van der Waals surface area contributed by atoms with Gasteiger partial charge in [-0.15, -0.1) is 0 Å². The van der Waals surface area contributed by atoms with Gasteiger partial charge in [0.1, 0.15) is 6.54 Å². The first-order valence-electron chi connectivity index (χ1n) is 7.72. The number of amides is 1. The smallest absolute Gasteiger partial charge is 0.324 e. The van der Waals surface area contributed by atoms with Crippen molar-refractivity contribution in [2.45, 2.75) is 26.6 Å². The van der Waals surface area contributed by atoms with Crippen molar-refractivity contribution >= 4 is 45.8 Å². The van der Waals surface area contributed by atoms with Crippen LogP contribution in [0, 0.1) is 13.8 Å². The summed E-state index contributed by atoms with van der Waals surface area (Å²) >= 11 is 11.8. The van der Waals surface area contributed by atoms with Gasteiger partial charge in [0.25, 0.3) is 0 Å². The van der Waals surface area contributed by atoms with E-state index in [2.05, 4.69) is 15.4 Å². The molecule has 0 aliphatic rings. The van der Waals surface area contributed by atoms with Gasteiger partial charge in [0.05, 0.1) is 16.6 Å². The minimum Gasteiger partial charge on any atom is -0.324 e. The fourth-order valence-corrected chi connectivity index (χ4v) is 3.30. The van der Waals surface area contributed by atoms with Crippen LogP contribution in [0.15, 0.2) is 24.3 Å². The third-order valence-electron chi connectivity index (χ3n) is 3.75. The minimum absolute atomic E-state index is 0.000832. The molecule has 1 aromatic carbocycles. The molecular formula is C17H13Cl2F3N4O. The number of fused-ring (bicyclic) bond motifs is 1. The first-order valence-corrected chi connectivity index (χ1v) is 8.48. The van der Waals surface area contributed by atoms with E-state index in [1.807, 2.05) is 0 Å². The Balaban J connectivity index is 1.95. The van der Waals surface area contributed by atoms with Gasteiger partial charge in [0.15, 0.2) is 5.65 Å². The summed E-state index contributed by atoms with van der Waals surface area (Å²) in [6.07, 6.45) is -4.55. The summed E-state index contributed by atoms with van der Waals surface area (Å²) in [5, 5.41) is 7.21. The number of halogens is 5. The van der Waals surface area contributed by atoms with Crippen molar-refractivity contribution in [1.82, 2.24) is 14.8 Å². The lowest BCUT2D eigenvalue weighted by molar-refractivity contribution is -0.136. The molecule has 0 saturated heterocycles. The summed E-state index contributed by atoms with van der Waals surface area (Å²) in [6.45, 7) is 2.58. The molecule has 1 N–H and O–H groups in total. The number of nitrogens with zero attached hydrogens (tertiary/aromatic N) is 3. The van der Waals surface area contributed by atoms with Gasteiger partial charge in [0.2, 0.25) is 5.91 Å². The molecule has 0 saturated carbocycles. The van der Waals surface area contributed by atoms with Crippen LogP contribution in [0.2, 0.25) is 10.0 Å². The van der Waals surface area contributed by atoms with E-state index >= 15 is 0 Å². The van der Waals surface area contributed by atoms with Crippen LogP contribution in [0.4, 0.5) is 18.9 Å². The van der Waals surface area contributed by atoms with E-state index in [0.717, 1.165) is 10.7 Å². The summed E-state index contributed by atoms with van der Waals surface area (Å²) in [5.74, 6) is -0.505. The maximum atomic E-state index is 13.3. The highest BCUT2D eigenvalue weighted by molar-refractivity contribution is 6.35. The minimum atomic E-state index is -4.55. The van der Waals surface area contributed by atoms with E-state index < -0.39 is 17.6 Å². The second kappa shape index (κ2) is 7.01. The number of rotatable bonds is 3. The van der Waals surface area contributed by atoms with Gasteiger partial charge in [-0.25, -0.2) is 9.67 Å². The molecule has 10 heteroatoms. The summed E-state index contributed by atoms with van der Waals surface area (Å²) in [5.41, 5.74) is -0.137. The van der Waals surface area contributed by atoms with Crippen LogP contribution in [-0.4, -0.2) is 20.7 Å². The second-order valence-electron chi connectivity index (χ2n) is 5.96. The molecule has 3 aromatic rings. The highest BCUT2D eigenvalue weighted by atomic mass is 35.5. The lowest BCUT2D eigenvalue weighted by Gasteiger charge is -2.10. The van der Waals surface area contributed by atoms with Crippen molar-refractivity contribution in [1.29, 1.82) is 0 Å². The van der Waals surface area contributed by atoms with Crippen molar-refractivity contribution in [3.05, 3.63) is 51.3 Å². The maximum Gasteiger partial charge on any atom is 0.417 e. The zero-order valence-electron chi connectivity index (χ0n) is 14.2. The number of hydrogen-bond acceptors (Lipinski definition) is 3. The van der Waals surface area contributed by atoms with E-state index in [0.29, 0.717) is 15.7 Å².